The van der Waals surface area contributed by atoms with E-state index >= 15 is 0 Å². The fourth-order valence-corrected chi connectivity index (χ4v) is 4.12. The number of benzene rings is 1. The molecule has 29 heavy (non-hydrogen) atoms. The second-order valence-electron chi connectivity index (χ2n) is 6.71. The molecule has 1 aliphatic heterocycles. The lowest BCUT2D eigenvalue weighted by atomic mass is 10.1. The fraction of sp³-hybridized carbons (Fsp3) is 0.368. The van der Waals surface area contributed by atoms with Gasteiger partial charge in [0.05, 0.1) is 25.3 Å². The number of likely N-dealkylation sites (tertiary alicyclic amines) is 1. The molecule has 0 aliphatic carbocycles. The smallest absolute Gasteiger partial charge is 0.250 e. The molecule has 3 heterocycles. The number of methoxy groups -OCH3 is 2. The number of thiazole rings is 1. The second-order valence-corrected chi connectivity index (χ2v) is 7.54. The summed E-state index contributed by atoms with van der Waals surface area (Å²) in [4.78, 5) is 31.3. The standard InChI is InChI=1S/C19H21N5O4S/c1-27-7-6-23-10-13(9-16(23)25)17(26)20-18-21-19-24(22-18)15(11-29-19)12-4-3-5-14(8-12)28-2/h3-5,8,11,13H,6-7,9-10H2,1-2H3,(H,20,22,26). The van der Waals surface area contributed by atoms with E-state index in [9.17, 15) is 9.59 Å². The minimum atomic E-state index is -0.418. The highest BCUT2D eigenvalue weighted by molar-refractivity contribution is 7.15. The van der Waals surface area contributed by atoms with Crippen LogP contribution in [-0.2, 0) is 14.3 Å². The Morgan fingerprint density at radius 1 is 1.38 bits per heavy atom. The van der Waals surface area contributed by atoms with Crippen molar-refractivity contribution in [2.75, 3.05) is 39.2 Å². The molecule has 2 amide bonds. The average Bonchev–Trinajstić information content (AvgIpc) is 3.40. The number of aromatic nitrogens is 3. The number of hydrogen-bond acceptors (Lipinski definition) is 7. The van der Waals surface area contributed by atoms with Crippen LogP contribution in [0.3, 0.4) is 0 Å². The van der Waals surface area contributed by atoms with Crippen molar-refractivity contribution in [3.63, 3.8) is 0 Å². The zero-order valence-corrected chi connectivity index (χ0v) is 16.9. The van der Waals surface area contributed by atoms with Crippen molar-refractivity contribution in [1.29, 1.82) is 0 Å². The molecule has 0 spiro atoms. The van der Waals surface area contributed by atoms with Crippen molar-refractivity contribution in [2.24, 2.45) is 5.92 Å². The summed E-state index contributed by atoms with van der Waals surface area (Å²) >= 11 is 1.43. The third kappa shape index (κ3) is 3.94. The Morgan fingerprint density at radius 2 is 2.24 bits per heavy atom. The van der Waals surface area contributed by atoms with Gasteiger partial charge in [-0.3, -0.25) is 14.9 Å². The van der Waals surface area contributed by atoms with Crippen molar-refractivity contribution in [3.05, 3.63) is 29.6 Å². The first kappa shape index (κ1) is 19.3. The zero-order valence-electron chi connectivity index (χ0n) is 16.1. The maximum absolute atomic E-state index is 12.6. The predicted molar refractivity (Wildman–Crippen MR) is 108 cm³/mol. The number of anilines is 1. The highest BCUT2D eigenvalue weighted by atomic mass is 32.1. The molecule has 0 radical (unpaired) electrons. The number of nitrogens with one attached hydrogen (secondary N) is 1. The molecule has 1 saturated heterocycles. The zero-order chi connectivity index (χ0) is 20.4. The Kier molecular flexibility index (Phi) is 5.45. The first-order valence-corrected chi connectivity index (χ1v) is 10.0. The Labute approximate surface area is 171 Å². The number of carbonyl (C=O) groups excluding carboxylic acids is 2. The third-order valence-electron chi connectivity index (χ3n) is 4.83. The SMILES string of the molecule is COCCN1CC(C(=O)Nc2nc3scc(-c4cccc(OC)c4)n3n2)CC1=O. The first-order chi connectivity index (χ1) is 14.1. The number of carbonyl (C=O) groups is 2. The predicted octanol–water partition coefficient (Wildman–Crippen LogP) is 1.90. The highest BCUT2D eigenvalue weighted by Crippen LogP contribution is 2.28. The van der Waals surface area contributed by atoms with Crippen LogP contribution in [-0.4, -0.2) is 65.2 Å². The molecule has 1 aliphatic rings. The lowest BCUT2D eigenvalue weighted by Crippen LogP contribution is -2.31. The van der Waals surface area contributed by atoms with Crippen LogP contribution in [0.15, 0.2) is 29.6 Å². The van der Waals surface area contributed by atoms with E-state index in [0.29, 0.717) is 24.7 Å². The normalized spacial score (nSPS) is 16.6. The van der Waals surface area contributed by atoms with Gasteiger partial charge in [0, 0.05) is 37.6 Å². The topological polar surface area (TPSA) is 98.1 Å². The molecule has 1 fully saturated rings. The Morgan fingerprint density at radius 3 is 3.03 bits per heavy atom. The minimum Gasteiger partial charge on any atom is -0.497 e. The van der Waals surface area contributed by atoms with Crippen LogP contribution in [0.4, 0.5) is 5.95 Å². The molecule has 9 nitrogen and oxygen atoms in total. The summed E-state index contributed by atoms with van der Waals surface area (Å²) in [6, 6.07) is 7.66. The van der Waals surface area contributed by atoms with Gasteiger partial charge in [0.1, 0.15) is 5.75 Å². The highest BCUT2D eigenvalue weighted by Gasteiger charge is 2.34. The van der Waals surface area contributed by atoms with Gasteiger partial charge in [0.15, 0.2) is 0 Å². The van der Waals surface area contributed by atoms with Gasteiger partial charge < -0.3 is 14.4 Å². The molecule has 1 N–H and O–H groups in total. The van der Waals surface area contributed by atoms with Crippen LogP contribution in [0.1, 0.15) is 6.42 Å². The molecule has 1 atom stereocenters. The van der Waals surface area contributed by atoms with Gasteiger partial charge in [0.25, 0.3) is 0 Å². The van der Waals surface area contributed by atoms with E-state index in [2.05, 4.69) is 15.4 Å². The lowest BCUT2D eigenvalue weighted by Gasteiger charge is -2.15. The maximum atomic E-state index is 12.6. The van der Waals surface area contributed by atoms with Crippen LogP contribution >= 0.6 is 11.3 Å². The van der Waals surface area contributed by atoms with E-state index in [0.717, 1.165) is 17.0 Å². The quantitative estimate of drug-likeness (QED) is 0.633. The van der Waals surface area contributed by atoms with Gasteiger partial charge in [-0.2, -0.15) is 4.98 Å². The van der Waals surface area contributed by atoms with Gasteiger partial charge in [-0.05, 0) is 12.1 Å². The van der Waals surface area contributed by atoms with Crippen LogP contribution in [0.2, 0.25) is 0 Å². The van der Waals surface area contributed by atoms with E-state index in [1.807, 2.05) is 29.6 Å². The van der Waals surface area contributed by atoms with Gasteiger partial charge in [-0.25, -0.2) is 4.52 Å². The van der Waals surface area contributed by atoms with Crippen LogP contribution in [0, 0.1) is 5.92 Å². The van der Waals surface area contributed by atoms with Crippen molar-refractivity contribution >= 4 is 34.1 Å². The molecular formula is C19H21N5O4S. The molecule has 3 aromatic rings. The number of amides is 2. The van der Waals surface area contributed by atoms with Gasteiger partial charge >= 0.3 is 0 Å². The number of nitrogens with zero attached hydrogens (tertiary/aromatic N) is 4. The van der Waals surface area contributed by atoms with Crippen molar-refractivity contribution in [1.82, 2.24) is 19.5 Å². The van der Waals surface area contributed by atoms with E-state index in [1.165, 1.54) is 11.3 Å². The van der Waals surface area contributed by atoms with E-state index < -0.39 is 5.92 Å². The Bertz CT molecular complexity index is 1050. The van der Waals surface area contributed by atoms with Crippen molar-refractivity contribution < 1.29 is 19.1 Å². The van der Waals surface area contributed by atoms with Crippen molar-refractivity contribution in [3.8, 4) is 17.0 Å². The van der Waals surface area contributed by atoms with Gasteiger partial charge in [-0.1, -0.05) is 12.1 Å². The number of ether oxygens (including phenoxy) is 2. The fourth-order valence-electron chi connectivity index (χ4n) is 3.29. The van der Waals surface area contributed by atoms with Gasteiger partial charge in [-0.15, -0.1) is 16.4 Å². The number of rotatable bonds is 7. The molecule has 0 saturated carbocycles. The number of hydrogen-bond donors (Lipinski definition) is 1. The van der Waals surface area contributed by atoms with Crippen LogP contribution in [0.25, 0.3) is 16.2 Å². The van der Waals surface area contributed by atoms with E-state index in [4.69, 9.17) is 9.47 Å². The second kappa shape index (κ2) is 8.18. The largest absolute Gasteiger partial charge is 0.497 e. The first-order valence-electron chi connectivity index (χ1n) is 9.15. The maximum Gasteiger partial charge on any atom is 0.250 e. The third-order valence-corrected chi connectivity index (χ3v) is 5.65. The molecule has 152 valence electrons. The number of fused-ring (bicyclic) bond motifs is 1. The summed E-state index contributed by atoms with van der Waals surface area (Å²) < 4.78 is 12.0. The lowest BCUT2D eigenvalue weighted by molar-refractivity contribution is -0.128. The van der Waals surface area contributed by atoms with Gasteiger partial charge in [0.2, 0.25) is 22.7 Å². The van der Waals surface area contributed by atoms with E-state index in [1.54, 1.807) is 23.6 Å². The summed E-state index contributed by atoms with van der Waals surface area (Å²) in [6.45, 7) is 1.32. The molecule has 4 rings (SSSR count). The Hall–Kier alpha value is -2.98. The molecule has 10 heteroatoms. The summed E-state index contributed by atoms with van der Waals surface area (Å²) in [5.74, 6) is 0.271. The molecular weight excluding hydrogens is 394 g/mol. The van der Waals surface area contributed by atoms with Crippen LogP contribution < -0.4 is 10.1 Å². The minimum absolute atomic E-state index is 0.0405. The summed E-state index contributed by atoms with van der Waals surface area (Å²) in [5, 5.41) is 9.13. The monoisotopic (exact) mass is 415 g/mol. The summed E-state index contributed by atoms with van der Waals surface area (Å²) in [5.41, 5.74) is 1.80. The molecule has 1 aromatic carbocycles. The summed E-state index contributed by atoms with van der Waals surface area (Å²) in [6.07, 6.45) is 0.187. The van der Waals surface area contributed by atoms with Crippen molar-refractivity contribution in [2.45, 2.75) is 6.42 Å². The molecule has 0 bridgehead atoms. The van der Waals surface area contributed by atoms with E-state index in [-0.39, 0.29) is 24.2 Å². The molecule has 2 aromatic heterocycles. The average molecular weight is 415 g/mol. The Balaban J connectivity index is 1.49. The molecule has 1 unspecified atom stereocenters. The summed E-state index contributed by atoms with van der Waals surface area (Å²) in [7, 11) is 3.20. The van der Waals surface area contributed by atoms with Crippen LogP contribution in [0.5, 0.6) is 5.75 Å².